The van der Waals surface area contributed by atoms with Crippen LogP contribution < -0.4 is 14.8 Å². The first kappa shape index (κ1) is 18.8. The molecule has 4 nitrogen and oxygen atoms in total. The van der Waals surface area contributed by atoms with Gasteiger partial charge in [-0.1, -0.05) is 60.1 Å². The van der Waals surface area contributed by atoms with E-state index < -0.39 is 0 Å². The average Bonchev–Trinajstić information content (AvgIpc) is 2.72. The summed E-state index contributed by atoms with van der Waals surface area (Å²) in [6.45, 7) is 0.780. The monoisotopic (exact) mass is 381 g/mol. The zero-order valence-electron chi connectivity index (χ0n) is 14.9. The molecule has 0 radical (unpaired) electrons. The number of nitrogens with one attached hydrogen (secondary N) is 1. The van der Waals surface area contributed by atoms with E-state index in [-0.39, 0.29) is 5.91 Å². The zero-order chi connectivity index (χ0) is 19.1. The first-order valence-electron chi connectivity index (χ1n) is 8.54. The van der Waals surface area contributed by atoms with Crippen molar-refractivity contribution in [1.82, 2.24) is 5.32 Å². The van der Waals surface area contributed by atoms with Crippen molar-refractivity contribution in [2.24, 2.45) is 0 Å². The minimum absolute atomic E-state index is 0.206. The van der Waals surface area contributed by atoms with Crippen LogP contribution in [-0.4, -0.2) is 13.0 Å². The highest BCUT2D eigenvalue weighted by Crippen LogP contribution is 2.29. The van der Waals surface area contributed by atoms with Gasteiger partial charge in [-0.25, -0.2) is 0 Å². The Morgan fingerprint density at radius 2 is 1.70 bits per heavy atom. The van der Waals surface area contributed by atoms with Gasteiger partial charge >= 0.3 is 0 Å². The maximum atomic E-state index is 12.4. The van der Waals surface area contributed by atoms with Crippen molar-refractivity contribution in [3.63, 3.8) is 0 Å². The number of benzene rings is 3. The van der Waals surface area contributed by atoms with E-state index in [4.69, 9.17) is 21.1 Å². The SMILES string of the molecule is COc1cc(C(=O)NCc2ccccc2Cl)ccc1OCc1ccccc1. The lowest BCUT2D eigenvalue weighted by atomic mass is 10.1. The Labute approximate surface area is 163 Å². The Kier molecular flexibility index (Phi) is 6.34. The Hall–Kier alpha value is -2.98. The van der Waals surface area contributed by atoms with Gasteiger partial charge < -0.3 is 14.8 Å². The van der Waals surface area contributed by atoms with E-state index in [0.29, 0.717) is 35.2 Å². The molecule has 0 aliphatic heterocycles. The summed E-state index contributed by atoms with van der Waals surface area (Å²) in [6, 6.07) is 22.4. The quantitative estimate of drug-likeness (QED) is 0.636. The van der Waals surface area contributed by atoms with E-state index in [9.17, 15) is 4.79 Å². The van der Waals surface area contributed by atoms with Crippen LogP contribution in [-0.2, 0) is 13.2 Å². The van der Waals surface area contributed by atoms with Gasteiger partial charge in [0.25, 0.3) is 5.91 Å². The van der Waals surface area contributed by atoms with E-state index in [1.807, 2.05) is 48.5 Å². The molecule has 1 amide bonds. The average molecular weight is 382 g/mol. The Morgan fingerprint density at radius 1 is 0.963 bits per heavy atom. The molecule has 0 unspecified atom stereocenters. The van der Waals surface area contributed by atoms with E-state index >= 15 is 0 Å². The van der Waals surface area contributed by atoms with Crippen molar-refractivity contribution < 1.29 is 14.3 Å². The minimum atomic E-state index is -0.206. The van der Waals surface area contributed by atoms with Crippen LogP contribution in [0.1, 0.15) is 21.5 Å². The third-order valence-electron chi connectivity index (χ3n) is 4.06. The van der Waals surface area contributed by atoms with Gasteiger partial charge in [0.1, 0.15) is 6.61 Å². The maximum Gasteiger partial charge on any atom is 0.251 e. The van der Waals surface area contributed by atoms with E-state index in [1.54, 1.807) is 31.4 Å². The summed E-state index contributed by atoms with van der Waals surface area (Å²) >= 11 is 6.12. The Bertz CT molecular complexity index is 912. The molecule has 138 valence electrons. The van der Waals surface area contributed by atoms with Crippen molar-refractivity contribution in [1.29, 1.82) is 0 Å². The van der Waals surface area contributed by atoms with Crippen LogP contribution in [0.2, 0.25) is 5.02 Å². The Balaban J connectivity index is 1.66. The Morgan fingerprint density at radius 3 is 2.44 bits per heavy atom. The van der Waals surface area contributed by atoms with E-state index in [1.165, 1.54) is 0 Å². The molecule has 1 N–H and O–H groups in total. The summed E-state index contributed by atoms with van der Waals surface area (Å²) < 4.78 is 11.2. The first-order valence-corrected chi connectivity index (χ1v) is 8.91. The van der Waals surface area contributed by atoms with Gasteiger partial charge in [-0.05, 0) is 35.4 Å². The van der Waals surface area contributed by atoms with Gasteiger partial charge in [-0.3, -0.25) is 4.79 Å². The van der Waals surface area contributed by atoms with Crippen molar-refractivity contribution in [3.8, 4) is 11.5 Å². The summed E-state index contributed by atoms with van der Waals surface area (Å²) in [6.07, 6.45) is 0. The number of rotatable bonds is 7. The van der Waals surface area contributed by atoms with Crippen LogP contribution in [0.3, 0.4) is 0 Å². The van der Waals surface area contributed by atoms with Crippen molar-refractivity contribution >= 4 is 17.5 Å². The van der Waals surface area contributed by atoms with E-state index in [0.717, 1.165) is 11.1 Å². The highest BCUT2D eigenvalue weighted by atomic mass is 35.5. The molecule has 0 aliphatic carbocycles. The third-order valence-corrected chi connectivity index (χ3v) is 4.43. The number of hydrogen-bond acceptors (Lipinski definition) is 3. The fourth-order valence-corrected chi connectivity index (χ4v) is 2.79. The number of amides is 1. The summed E-state index contributed by atoms with van der Waals surface area (Å²) in [5.74, 6) is 0.892. The number of hydrogen-bond donors (Lipinski definition) is 1. The van der Waals surface area contributed by atoms with Gasteiger partial charge in [-0.2, -0.15) is 0 Å². The van der Waals surface area contributed by atoms with Crippen LogP contribution in [0.5, 0.6) is 11.5 Å². The third kappa shape index (κ3) is 5.02. The predicted octanol–water partition coefficient (Wildman–Crippen LogP) is 4.86. The molecule has 27 heavy (non-hydrogen) atoms. The number of halogens is 1. The minimum Gasteiger partial charge on any atom is -0.493 e. The summed E-state index contributed by atoms with van der Waals surface area (Å²) in [4.78, 5) is 12.4. The lowest BCUT2D eigenvalue weighted by Crippen LogP contribution is -2.23. The van der Waals surface area contributed by atoms with Crippen LogP contribution in [0.15, 0.2) is 72.8 Å². The lowest BCUT2D eigenvalue weighted by Gasteiger charge is -2.13. The highest BCUT2D eigenvalue weighted by Gasteiger charge is 2.12. The summed E-state index contributed by atoms with van der Waals surface area (Å²) in [7, 11) is 1.55. The van der Waals surface area contributed by atoms with E-state index in [2.05, 4.69) is 5.32 Å². The molecule has 0 bridgehead atoms. The zero-order valence-corrected chi connectivity index (χ0v) is 15.7. The largest absolute Gasteiger partial charge is 0.493 e. The molecule has 5 heteroatoms. The topological polar surface area (TPSA) is 47.6 Å². The molecule has 0 atom stereocenters. The molecule has 0 aliphatic rings. The highest BCUT2D eigenvalue weighted by molar-refractivity contribution is 6.31. The molecule has 3 rings (SSSR count). The summed E-state index contributed by atoms with van der Waals surface area (Å²) in [5, 5.41) is 3.49. The second-order valence-corrected chi connectivity index (χ2v) is 6.32. The van der Waals surface area contributed by atoms with Gasteiger partial charge in [0.2, 0.25) is 0 Å². The molecule has 0 fully saturated rings. The lowest BCUT2D eigenvalue weighted by molar-refractivity contribution is 0.0950. The second kappa shape index (κ2) is 9.10. The van der Waals surface area contributed by atoms with Gasteiger partial charge in [0.15, 0.2) is 11.5 Å². The van der Waals surface area contributed by atoms with Crippen LogP contribution >= 0.6 is 11.6 Å². The standard InChI is InChI=1S/C22H20ClNO3/c1-26-21-13-17(22(25)24-14-18-9-5-6-10-19(18)23)11-12-20(21)27-15-16-7-3-2-4-8-16/h2-13H,14-15H2,1H3,(H,24,25). The van der Waals surface area contributed by atoms with Gasteiger partial charge in [0.05, 0.1) is 7.11 Å². The molecule has 0 aromatic heterocycles. The molecule has 0 saturated heterocycles. The summed E-state index contributed by atoms with van der Waals surface area (Å²) in [5.41, 5.74) is 2.41. The van der Waals surface area contributed by atoms with Crippen LogP contribution in [0.4, 0.5) is 0 Å². The molecule has 0 heterocycles. The molecular formula is C22H20ClNO3. The van der Waals surface area contributed by atoms with Crippen molar-refractivity contribution in [2.75, 3.05) is 7.11 Å². The van der Waals surface area contributed by atoms with Crippen molar-refractivity contribution in [3.05, 3.63) is 94.5 Å². The normalized spacial score (nSPS) is 10.3. The van der Waals surface area contributed by atoms with Crippen LogP contribution in [0, 0.1) is 0 Å². The molecule has 0 saturated carbocycles. The number of methoxy groups -OCH3 is 1. The van der Waals surface area contributed by atoms with Crippen molar-refractivity contribution in [2.45, 2.75) is 13.2 Å². The molecule has 0 spiro atoms. The number of ether oxygens (including phenoxy) is 2. The molecule has 3 aromatic carbocycles. The number of carbonyl (C=O) groups is 1. The molecule has 3 aromatic rings. The fourth-order valence-electron chi connectivity index (χ4n) is 2.58. The number of carbonyl (C=O) groups excluding carboxylic acids is 1. The first-order chi connectivity index (χ1) is 13.2. The second-order valence-electron chi connectivity index (χ2n) is 5.91. The fraction of sp³-hybridized carbons (Fsp3) is 0.136. The molecular weight excluding hydrogens is 362 g/mol. The predicted molar refractivity (Wildman–Crippen MR) is 106 cm³/mol. The van der Waals surface area contributed by atoms with Gasteiger partial charge in [-0.15, -0.1) is 0 Å². The van der Waals surface area contributed by atoms with Crippen LogP contribution in [0.25, 0.3) is 0 Å². The smallest absolute Gasteiger partial charge is 0.251 e. The van der Waals surface area contributed by atoms with Gasteiger partial charge in [0, 0.05) is 17.1 Å². The maximum absolute atomic E-state index is 12.4.